The molecule has 0 bridgehead atoms. The number of carbonyl (C=O) groups is 2. The third-order valence-electron chi connectivity index (χ3n) is 3.07. The van der Waals surface area contributed by atoms with Gasteiger partial charge in [-0.2, -0.15) is 0 Å². The monoisotopic (exact) mass is 272 g/mol. The van der Waals surface area contributed by atoms with E-state index in [1.165, 1.54) is 7.11 Å². The zero-order valence-electron chi connectivity index (χ0n) is 11.8. The van der Waals surface area contributed by atoms with Gasteiger partial charge in [0.05, 0.1) is 19.6 Å². The Morgan fingerprint density at radius 1 is 1.47 bits per heavy atom. The van der Waals surface area contributed by atoms with E-state index in [0.29, 0.717) is 19.6 Å². The highest BCUT2D eigenvalue weighted by molar-refractivity contribution is 5.75. The third-order valence-corrected chi connectivity index (χ3v) is 3.07. The molecule has 1 rings (SSSR count). The number of hydrogen-bond donors (Lipinski definition) is 1. The molecule has 0 radical (unpaired) electrons. The maximum atomic E-state index is 12.0. The summed E-state index contributed by atoms with van der Waals surface area (Å²) in [5.74, 6) is -0.305. The van der Waals surface area contributed by atoms with Crippen molar-refractivity contribution in [3.05, 3.63) is 0 Å². The zero-order chi connectivity index (χ0) is 14.1. The smallest absolute Gasteiger partial charge is 0.317 e. The van der Waals surface area contributed by atoms with E-state index in [4.69, 9.17) is 4.74 Å². The topological polar surface area (TPSA) is 67.9 Å². The second kappa shape index (κ2) is 8.74. The summed E-state index contributed by atoms with van der Waals surface area (Å²) >= 11 is 0. The number of methoxy groups -OCH3 is 1. The maximum Gasteiger partial charge on any atom is 0.317 e. The number of carbonyl (C=O) groups excluding carboxylic acids is 2. The highest BCUT2D eigenvalue weighted by Crippen LogP contribution is 2.13. The molecule has 1 aliphatic rings. The molecule has 2 amide bonds. The first-order chi connectivity index (χ1) is 9.17. The van der Waals surface area contributed by atoms with Gasteiger partial charge in [-0.3, -0.25) is 4.79 Å². The average molecular weight is 272 g/mol. The molecule has 1 N–H and O–H groups in total. The molecule has 110 valence electrons. The SMILES string of the molecule is CCCNC(=O)N(CCC(=O)OC)CC1CCCO1. The molecule has 0 aromatic heterocycles. The maximum absolute atomic E-state index is 12.0. The van der Waals surface area contributed by atoms with Crippen LogP contribution in [0.4, 0.5) is 4.79 Å². The molecule has 1 fully saturated rings. The van der Waals surface area contributed by atoms with E-state index < -0.39 is 0 Å². The van der Waals surface area contributed by atoms with E-state index in [-0.39, 0.29) is 24.5 Å². The van der Waals surface area contributed by atoms with E-state index in [1.807, 2.05) is 6.92 Å². The summed E-state index contributed by atoms with van der Waals surface area (Å²) in [5, 5.41) is 2.83. The molecule has 1 unspecified atom stereocenters. The van der Waals surface area contributed by atoms with E-state index in [0.717, 1.165) is 25.9 Å². The van der Waals surface area contributed by atoms with Crippen LogP contribution in [0.1, 0.15) is 32.6 Å². The van der Waals surface area contributed by atoms with E-state index in [9.17, 15) is 9.59 Å². The van der Waals surface area contributed by atoms with Crippen molar-refractivity contribution in [1.29, 1.82) is 0 Å². The van der Waals surface area contributed by atoms with Crippen molar-refractivity contribution in [3.63, 3.8) is 0 Å². The molecule has 0 aliphatic carbocycles. The number of urea groups is 1. The van der Waals surface area contributed by atoms with Crippen molar-refractivity contribution in [2.24, 2.45) is 0 Å². The summed E-state index contributed by atoms with van der Waals surface area (Å²) in [6, 6.07) is -0.138. The third kappa shape index (κ3) is 5.92. The van der Waals surface area contributed by atoms with Crippen molar-refractivity contribution >= 4 is 12.0 Å². The van der Waals surface area contributed by atoms with Crippen LogP contribution in [0.2, 0.25) is 0 Å². The van der Waals surface area contributed by atoms with Gasteiger partial charge in [-0.1, -0.05) is 6.92 Å². The first-order valence-corrected chi connectivity index (χ1v) is 6.88. The molecular weight excluding hydrogens is 248 g/mol. The van der Waals surface area contributed by atoms with Crippen molar-refractivity contribution < 1.29 is 19.1 Å². The Balaban J connectivity index is 2.45. The Labute approximate surface area is 114 Å². The van der Waals surface area contributed by atoms with E-state index in [1.54, 1.807) is 4.90 Å². The molecule has 0 saturated carbocycles. The molecular formula is C13H24N2O4. The lowest BCUT2D eigenvalue weighted by Gasteiger charge is -2.25. The van der Waals surface area contributed by atoms with Crippen LogP contribution in [0.15, 0.2) is 0 Å². The van der Waals surface area contributed by atoms with Crippen LogP contribution >= 0.6 is 0 Å². The minimum Gasteiger partial charge on any atom is -0.469 e. The Bertz CT molecular complexity index is 290. The first-order valence-electron chi connectivity index (χ1n) is 6.88. The second-order valence-electron chi connectivity index (χ2n) is 4.64. The van der Waals surface area contributed by atoms with Gasteiger partial charge in [-0.25, -0.2) is 4.79 Å². The molecule has 0 aromatic rings. The molecule has 0 aromatic carbocycles. The minimum absolute atomic E-state index is 0.0880. The zero-order valence-corrected chi connectivity index (χ0v) is 11.8. The molecule has 1 aliphatic heterocycles. The number of nitrogens with one attached hydrogen (secondary N) is 1. The van der Waals surface area contributed by atoms with Gasteiger partial charge >= 0.3 is 12.0 Å². The Hall–Kier alpha value is -1.30. The largest absolute Gasteiger partial charge is 0.469 e. The van der Waals surface area contributed by atoms with Gasteiger partial charge in [0.2, 0.25) is 0 Å². The quantitative estimate of drug-likeness (QED) is 0.706. The Kier molecular flexibility index (Phi) is 7.25. The van der Waals surface area contributed by atoms with Crippen LogP contribution < -0.4 is 5.32 Å². The van der Waals surface area contributed by atoms with E-state index in [2.05, 4.69) is 10.1 Å². The van der Waals surface area contributed by atoms with Crippen LogP contribution in [0.25, 0.3) is 0 Å². The molecule has 19 heavy (non-hydrogen) atoms. The predicted molar refractivity (Wildman–Crippen MR) is 70.9 cm³/mol. The summed E-state index contributed by atoms with van der Waals surface area (Å²) < 4.78 is 10.1. The number of nitrogens with zero attached hydrogens (tertiary/aromatic N) is 1. The standard InChI is InChI=1S/C13H24N2O4/c1-3-7-14-13(17)15(8-6-12(16)18-2)10-11-5-4-9-19-11/h11H,3-10H2,1-2H3,(H,14,17). The summed E-state index contributed by atoms with van der Waals surface area (Å²) in [7, 11) is 1.35. The summed E-state index contributed by atoms with van der Waals surface area (Å²) in [5.41, 5.74) is 0. The van der Waals surface area contributed by atoms with Crippen LogP contribution in [0.5, 0.6) is 0 Å². The number of amides is 2. The van der Waals surface area contributed by atoms with Crippen LogP contribution in [-0.4, -0.2) is 56.4 Å². The first kappa shape index (κ1) is 15.8. The molecule has 1 atom stereocenters. The van der Waals surface area contributed by atoms with Crippen molar-refractivity contribution in [3.8, 4) is 0 Å². The van der Waals surface area contributed by atoms with Crippen molar-refractivity contribution in [1.82, 2.24) is 10.2 Å². The predicted octanol–water partition coefficient (Wildman–Crippen LogP) is 1.15. The fourth-order valence-corrected chi connectivity index (χ4v) is 1.98. The van der Waals surface area contributed by atoms with Gasteiger partial charge in [0, 0.05) is 26.2 Å². The number of ether oxygens (including phenoxy) is 2. The normalized spacial score (nSPS) is 18.1. The molecule has 6 nitrogen and oxygen atoms in total. The fraction of sp³-hybridized carbons (Fsp3) is 0.846. The van der Waals surface area contributed by atoms with Gasteiger partial charge < -0.3 is 19.7 Å². The fourth-order valence-electron chi connectivity index (χ4n) is 1.98. The second-order valence-corrected chi connectivity index (χ2v) is 4.64. The number of esters is 1. The van der Waals surface area contributed by atoms with Crippen molar-refractivity contribution in [2.75, 3.05) is 33.4 Å². The minimum atomic E-state index is -0.305. The van der Waals surface area contributed by atoms with Crippen LogP contribution in [-0.2, 0) is 14.3 Å². The molecule has 1 saturated heterocycles. The summed E-state index contributed by atoms with van der Waals surface area (Å²) in [6.45, 7) is 4.29. The Morgan fingerprint density at radius 2 is 2.26 bits per heavy atom. The van der Waals surface area contributed by atoms with Gasteiger partial charge in [-0.05, 0) is 19.3 Å². The molecule has 0 spiro atoms. The summed E-state index contributed by atoms with van der Waals surface area (Å²) in [6.07, 6.45) is 3.19. The van der Waals surface area contributed by atoms with Gasteiger partial charge in [-0.15, -0.1) is 0 Å². The number of rotatable bonds is 7. The molecule has 1 heterocycles. The highest BCUT2D eigenvalue weighted by Gasteiger charge is 2.22. The summed E-state index contributed by atoms with van der Waals surface area (Å²) in [4.78, 5) is 24.8. The van der Waals surface area contributed by atoms with Gasteiger partial charge in [0.25, 0.3) is 0 Å². The van der Waals surface area contributed by atoms with Crippen LogP contribution in [0.3, 0.4) is 0 Å². The Morgan fingerprint density at radius 3 is 2.84 bits per heavy atom. The van der Waals surface area contributed by atoms with Crippen molar-refractivity contribution in [2.45, 2.75) is 38.7 Å². The van der Waals surface area contributed by atoms with Gasteiger partial charge in [0.15, 0.2) is 0 Å². The lowest BCUT2D eigenvalue weighted by Crippen LogP contribution is -2.44. The van der Waals surface area contributed by atoms with Gasteiger partial charge in [0.1, 0.15) is 0 Å². The van der Waals surface area contributed by atoms with E-state index >= 15 is 0 Å². The molecule has 6 heteroatoms. The lowest BCUT2D eigenvalue weighted by atomic mass is 10.2. The average Bonchev–Trinajstić information content (AvgIpc) is 2.93. The highest BCUT2D eigenvalue weighted by atomic mass is 16.5. The lowest BCUT2D eigenvalue weighted by molar-refractivity contribution is -0.140. The van der Waals surface area contributed by atoms with Crippen LogP contribution in [0, 0.1) is 0 Å². The number of hydrogen-bond acceptors (Lipinski definition) is 4.